The third-order valence-electron chi connectivity index (χ3n) is 3.81. The van der Waals surface area contributed by atoms with Gasteiger partial charge in [0.25, 0.3) is 0 Å². The van der Waals surface area contributed by atoms with Crippen LogP contribution in [0.5, 0.6) is 0 Å². The molecule has 6 heteroatoms. The number of piperidine rings is 1. The highest BCUT2D eigenvalue weighted by Gasteiger charge is 2.21. The van der Waals surface area contributed by atoms with E-state index in [0.29, 0.717) is 31.5 Å². The predicted octanol–water partition coefficient (Wildman–Crippen LogP) is 0.919. The SMILES string of the molecule is CC(C)CCNC(=O)NC(=O)CN1CCCC(CCN)C1. The van der Waals surface area contributed by atoms with Gasteiger partial charge in [-0.2, -0.15) is 0 Å². The molecule has 1 saturated heterocycles. The number of carbonyl (C=O) groups excluding carboxylic acids is 2. The molecule has 1 atom stereocenters. The topological polar surface area (TPSA) is 87.5 Å². The van der Waals surface area contributed by atoms with Crippen LogP contribution in [0.25, 0.3) is 0 Å². The molecule has 0 saturated carbocycles. The molecule has 0 bridgehead atoms. The molecule has 4 N–H and O–H groups in total. The lowest BCUT2D eigenvalue weighted by atomic mass is 9.95. The minimum Gasteiger partial charge on any atom is -0.338 e. The van der Waals surface area contributed by atoms with Crippen LogP contribution in [-0.4, -0.2) is 49.6 Å². The molecule has 1 heterocycles. The molecule has 122 valence electrons. The second kappa shape index (κ2) is 9.73. The molecule has 3 amide bonds. The molecule has 0 spiro atoms. The summed E-state index contributed by atoms with van der Waals surface area (Å²) in [6, 6.07) is -0.392. The van der Waals surface area contributed by atoms with Crippen LogP contribution in [0, 0.1) is 11.8 Å². The Kier molecular flexibility index (Phi) is 8.30. The molecule has 0 aromatic heterocycles. The largest absolute Gasteiger partial charge is 0.338 e. The monoisotopic (exact) mass is 298 g/mol. The van der Waals surface area contributed by atoms with Crippen LogP contribution in [-0.2, 0) is 4.79 Å². The number of amides is 3. The third-order valence-corrected chi connectivity index (χ3v) is 3.81. The lowest BCUT2D eigenvalue weighted by Crippen LogP contribution is -2.47. The number of imide groups is 1. The van der Waals surface area contributed by atoms with Crippen molar-refractivity contribution in [3.05, 3.63) is 0 Å². The Labute approximate surface area is 127 Å². The van der Waals surface area contributed by atoms with Gasteiger partial charge in [-0.1, -0.05) is 13.8 Å². The number of nitrogens with two attached hydrogens (primary N) is 1. The van der Waals surface area contributed by atoms with Crippen molar-refractivity contribution in [1.82, 2.24) is 15.5 Å². The number of likely N-dealkylation sites (tertiary alicyclic amines) is 1. The van der Waals surface area contributed by atoms with Gasteiger partial charge in [0.1, 0.15) is 0 Å². The molecular formula is C15H30N4O2. The van der Waals surface area contributed by atoms with E-state index < -0.39 is 6.03 Å². The molecule has 1 unspecified atom stereocenters. The summed E-state index contributed by atoms with van der Waals surface area (Å²) < 4.78 is 0. The number of urea groups is 1. The van der Waals surface area contributed by atoms with Crippen LogP contribution in [0.3, 0.4) is 0 Å². The number of hydrogen-bond donors (Lipinski definition) is 3. The van der Waals surface area contributed by atoms with Crippen molar-refractivity contribution in [2.75, 3.05) is 32.7 Å². The number of nitrogens with one attached hydrogen (secondary N) is 2. The smallest absolute Gasteiger partial charge is 0.321 e. The maximum Gasteiger partial charge on any atom is 0.321 e. The molecule has 0 radical (unpaired) electrons. The van der Waals surface area contributed by atoms with Gasteiger partial charge in [-0.05, 0) is 50.6 Å². The van der Waals surface area contributed by atoms with Crippen molar-refractivity contribution < 1.29 is 9.59 Å². The zero-order valence-electron chi connectivity index (χ0n) is 13.4. The highest BCUT2D eigenvalue weighted by molar-refractivity contribution is 5.95. The second-order valence-electron chi connectivity index (χ2n) is 6.31. The number of carbonyl (C=O) groups is 2. The van der Waals surface area contributed by atoms with Crippen LogP contribution in [0.4, 0.5) is 4.79 Å². The van der Waals surface area contributed by atoms with E-state index in [2.05, 4.69) is 29.4 Å². The van der Waals surface area contributed by atoms with E-state index in [9.17, 15) is 9.59 Å². The Morgan fingerprint density at radius 2 is 2.14 bits per heavy atom. The van der Waals surface area contributed by atoms with Crippen molar-refractivity contribution in [3.63, 3.8) is 0 Å². The summed E-state index contributed by atoms with van der Waals surface area (Å²) in [5.41, 5.74) is 5.59. The van der Waals surface area contributed by atoms with E-state index in [1.54, 1.807) is 0 Å². The maximum atomic E-state index is 11.8. The average molecular weight is 298 g/mol. The maximum absolute atomic E-state index is 11.8. The molecule has 0 aliphatic carbocycles. The predicted molar refractivity (Wildman–Crippen MR) is 83.8 cm³/mol. The van der Waals surface area contributed by atoms with Gasteiger partial charge in [0, 0.05) is 13.1 Å². The summed E-state index contributed by atoms with van der Waals surface area (Å²) in [6.45, 7) is 7.60. The van der Waals surface area contributed by atoms with Crippen LogP contribution in [0.1, 0.15) is 39.5 Å². The van der Waals surface area contributed by atoms with Crippen LogP contribution in [0.2, 0.25) is 0 Å². The summed E-state index contributed by atoms with van der Waals surface area (Å²) in [5.74, 6) is 0.885. The average Bonchev–Trinajstić information content (AvgIpc) is 2.38. The minimum atomic E-state index is -0.392. The van der Waals surface area contributed by atoms with Gasteiger partial charge >= 0.3 is 6.03 Å². The van der Waals surface area contributed by atoms with E-state index in [1.165, 1.54) is 6.42 Å². The van der Waals surface area contributed by atoms with Crippen molar-refractivity contribution in [2.24, 2.45) is 17.6 Å². The second-order valence-corrected chi connectivity index (χ2v) is 6.31. The van der Waals surface area contributed by atoms with Gasteiger partial charge in [-0.3, -0.25) is 15.0 Å². The van der Waals surface area contributed by atoms with Crippen LogP contribution < -0.4 is 16.4 Å². The lowest BCUT2D eigenvalue weighted by Gasteiger charge is -2.31. The Bertz CT molecular complexity index is 332. The number of hydrogen-bond acceptors (Lipinski definition) is 4. The van der Waals surface area contributed by atoms with E-state index in [4.69, 9.17) is 5.73 Å². The Balaban J connectivity index is 2.21. The first-order chi connectivity index (χ1) is 10.0. The van der Waals surface area contributed by atoms with Gasteiger partial charge in [0.2, 0.25) is 5.91 Å². The lowest BCUT2D eigenvalue weighted by molar-refractivity contribution is -0.121. The zero-order valence-corrected chi connectivity index (χ0v) is 13.4. The molecule has 21 heavy (non-hydrogen) atoms. The highest BCUT2D eigenvalue weighted by atomic mass is 16.2. The standard InChI is InChI=1S/C15H30N4O2/c1-12(2)6-8-17-15(21)18-14(20)11-19-9-3-4-13(10-19)5-7-16/h12-13H,3-11,16H2,1-2H3,(H2,17,18,20,21). The quantitative estimate of drug-likeness (QED) is 0.652. The molecule has 6 nitrogen and oxygen atoms in total. The number of rotatable bonds is 7. The zero-order chi connectivity index (χ0) is 15.7. The first-order valence-electron chi connectivity index (χ1n) is 8.01. The Morgan fingerprint density at radius 3 is 2.81 bits per heavy atom. The fraction of sp³-hybridized carbons (Fsp3) is 0.867. The number of nitrogens with zero attached hydrogens (tertiary/aromatic N) is 1. The fourth-order valence-electron chi connectivity index (χ4n) is 2.65. The van der Waals surface area contributed by atoms with E-state index in [1.807, 2.05) is 0 Å². The molecule has 0 aromatic carbocycles. The van der Waals surface area contributed by atoms with E-state index in [-0.39, 0.29) is 5.91 Å². The summed E-state index contributed by atoms with van der Waals surface area (Å²) in [4.78, 5) is 25.5. The van der Waals surface area contributed by atoms with Gasteiger partial charge in [-0.25, -0.2) is 4.79 Å². The fourth-order valence-corrected chi connectivity index (χ4v) is 2.65. The van der Waals surface area contributed by atoms with E-state index in [0.717, 1.165) is 32.4 Å². The first-order valence-corrected chi connectivity index (χ1v) is 8.01. The molecular weight excluding hydrogens is 268 g/mol. The molecule has 1 fully saturated rings. The Morgan fingerprint density at radius 1 is 1.38 bits per heavy atom. The summed E-state index contributed by atoms with van der Waals surface area (Å²) in [7, 11) is 0. The molecule has 1 aliphatic heterocycles. The summed E-state index contributed by atoms with van der Waals surface area (Å²) >= 11 is 0. The minimum absolute atomic E-state index is 0.231. The van der Waals surface area contributed by atoms with Gasteiger partial charge < -0.3 is 11.1 Å². The third kappa shape index (κ3) is 8.02. The normalized spacial score (nSPS) is 19.5. The molecule has 1 rings (SSSR count). The highest BCUT2D eigenvalue weighted by Crippen LogP contribution is 2.18. The molecule has 1 aliphatic rings. The van der Waals surface area contributed by atoms with E-state index >= 15 is 0 Å². The van der Waals surface area contributed by atoms with Crippen molar-refractivity contribution >= 4 is 11.9 Å². The van der Waals surface area contributed by atoms with Crippen molar-refractivity contribution in [1.29, 1.82) is 0 Å². The van der Waals surface area contributed by atoms with Crippen LogP contribution in [0.15, 0.2) is 0 Å². The van der Waals surface area contributed by atoms with Gasteiger partial charge in [0.15, 0.2) is 0 Å². The summed E-state index contributed by atoms with van der Waals surface area (Å²) in [6.07, 6.45) is 4.20. The first kappa shape index (κ1) is 17.9. The van der Waals surface area contributed by atoms with Gasteiger partial charge in [0.05, 0.1) is 6.54 Å². The van der Waals surface area contributed by atoms with Crippen molar-refractivity contribution in [2.45, 2.75) is 39.5 Å². The summed E-state index contributed by atoms with van der Waals surface area (Å²) in [5, 5.41) is 5.10. The molecule has 0 aromatic rings. The van der Waals surface area contributed by atoms with Crippen LogP contribution >= 0.6 is 0 Å². The Hall–Kier alpha value is -1.14. The van der Waals surface area contributed by atoms with Gasteiger partial charge in [-0.15, -0.1) is 0 Å². The van der Waals surface area contributed by atoms with Crippen molar-refractivity contribution in [3.8, 4) is 0 Å².